The lowest BCUT2D eigenvalue weighted by molar-refractivity contribution is 0.620. The van der Waals surface area contributed by atoms with E-state index in [9.17, 15) is 5.26 Å². The number of halogens is 1. The zero-order chi connectivity index (χ0) is 20.8. The van der Waals surface area contributed by atoms with Crippen LogP contribution in [0.15, 0.2) is 42.5 Å². The zero-order valence-electron chi connectivity index (χ0n) is 16.6. The van der Waals surface area contributed by atoms with Gasteiger partial charge >= 0.3 is 0 Å². The van der Waals surface area contributed by atoms with Crippen LogP contribution in [0.25, 0.3) is 10.9 Å². The van der Waals surface area contributed by atoms with Crippen LogP contribution in [0.1, 0.15) is 40.1 Å². The van der Waals surface area contributed by atoms with Crippen LogP contribution < -0.4 is 4.90 Å². The number of aryl methyl sites for hydroxylation is 2. The summed E-state index contributed by atoms with van der Waals surface area (Å²) in [6.07, 6.45) is 0.853. The van der Waals surface area contributed by atoms with Crippen molar-refractivity contribution in [1.82, 2.24) is 19.9 Å². The molecule has 4 aromatic rings. The number of aromatic nitrogens is 4. The minimum absolute atomic E-state index is 0.103. The molecule has 30 heavy (non-hydrogen) atoms. The highest BCUT2D eigenvalue weighted by atomic mass is 35.5. The number of nitrogens with zero attached hydrogens (tertiary/aromatic N) is 5. The first kappa shape index (κ1) is 18.6. The van der Waals surface area contributed by atoms with E-state index < -0.39 is 0 Å². The molecule has 1 unspecified atom stereocenters. The fourth-order valence-electron chi connectivity index (χ4n) is 4.29. The molecule has 5 rings (SSSR count). The Morgan fingerprint density at radius 1 is 1.07 bits per heavy atom. The molecule has 7 heteroatoms. The van der Waals surface area contributed by atoms with Crippen molar-refractivity contribution in [2.24, 2.45) is 0 Å². The fraction of sp³-hybridized carbons (Fsp3) is 0.217. The molecule has 1 N–H and O–H groups in total. The van der Waals surface area contributed by atoms with Crippen LogP contribution in [0.5, 0.6) is 0 Å². The molecule has 2 aromatic carbocycles. The van der Waals surface area contributed by atoms with Gasteiger partial charge < -0.3 is 9.88 Å². The van der Waals surface area contributed by atoms with Crippen molar-refractivity contribution < 1.29 is 0 Å². The monoisotopic (exact) mass is 414 g/mol. The van der Waals surface area contributed by atoms with Crippen molar-refractivity contribution >= 4 is 28.5 Å². The lowest BCUT2D eigenvalue weighted by Gasteiger charge is -2.36. The van der Waals surface area contributed by atoms with Crippen LogP contribution in [-0.2, 0) is 6.42 Å². The second kappa shape index (κ2) is 7.12. The highest BCUT2D eigenvalue weighted by molar-refractivity contribution is 6.31. The van der Waals surface area contributed by atoms with Gasteiger partial charge in [-0.1, -0.05) is 23.7 Å². The van der Waals surface area contributed by atoms with Crippen molar-refractivity contribution in [3.05, 3.63) is 81.5 Å². The van der Waals surface area contributed by atoms with Gasteiger partial charge in [0.1, 0.15) is 11.6 Å². The lowest BCUT2D eigenvalue weighted by atomic mass is 9.92. The van der Waals surface area contributed by atoms with E-state index in [2.05, 4.69) is 30.9 Å². The van der Waals surface area contributed by atoms with Crippen LogP contribution >= 0.6 is 11.6 Å². The van der Waals surface area contributed by atoms with Crippen LogP contribution in [0.4, 0.5) is 5.95 Å². The summed E-state index contributed by atoms with van der Waals surface area (Å²) in [6.45, 7) is 4.53. The molecule has 0 saturated heterocycles. The number of fused-ring (bicyclic) bond motifs is 3. The van der Waals surface area contributed by atoms with Crippen LogP contribution in [0.2, 0.25) is 5.02 Å². The average molecular weight is 415 g/mol. The topological polar surface area (TPSA) is 81.5 Å². The number of rotatable bonds is 2. The third kappa shape index (κ3) is 3.08. The van der Waals surface area contributed by atoms with E-state index in [0.717, 1.165) is 40.1 Å². The minimum atomic E-state index is -0.103. The molecule has 1 atom stereocenters. The van der Waals surface area contributed by atoms with E-state index in [4.69, 9.17) is 11.6 Å². The van der Waals surface area contributed by atoms with Gasteiger partial charge in [-0.05, 0) is 61.7 Å². The second-order valence-electron chi connectivity index (χ2n) is 7.52. The number of H-pyrrole nitrogens is 1. The molecule has 6 nitrogen and oxygen atoms in total. The Bertz CT molecular complexity index is 1280. The molecule has 0 aliphatic carbocycles. The third-order valence-corrected chi connectivity index (χ3v) is 5.78. The zero-order valence-corrected chi connectivity index (χ0v) is 17.4. The van der Waals surface area contributed by atoms with Gasteiger partial charge in [-0.25, -0.2) is 4.98 Å². The third-order valence-electron chi connectivity index (χ3n) is 5.55. The van der Waals surface area contributed by atoms with Gasteiger partial charge in [0.2, 0.25) is 5.95 Å². The number of hydrogen-bond acceptors (Lipinski definition) is 5. The Hall–Kier alpha value is -3.43. The molecular formula is C23H19ClN6. The Kier molecular flexibility index (Phi) is 4.41. The summed E-state index contributed by atoms with van der Waals surface area (Å²) in [4.78, 5) is 19.4. The van der Waals surface area contributed by atoms with Crippen LogP contribution in [0, 0.1) is 25.2 Å². The van der Waals surface area contributed by atoms with Crippen molar-refractivity contribution in [2.75, 3.05) is 11.4 Å². The molecule has 0 radical (unpaired) electrons. The normalized spacial score (nSPS) is 15.8. The van der Waals surface area contributed by atoms with Crippen LogP contribution in [0.3, 0.4) is 0 Å². The van der Waals surface area contributed by atoms with E-state index >= 15 is 0 Å². The van der Waals surface area contributed by atoms with Crippen molar-refractivity contribution in [2.45, 2.75) is 26.3 Å². The number of hydrogen-bond donors (Lipinski definition) is 1. The smallest absolute Gasteiger partial charge is 0.229 e. The molecule has 148 valence electrons. The van der Waals surface area contributed by atoms with Crippen molar-refractivity contribution in [1.29, 1.82) is 5.26 Å². The van der Waals surface area contributed by atoms with E-state index in [1.807, 2.05) is 56.3 Å². The average Bonchev–Trinajstić information content (AvgIpc) is 3.10. The standard InChI is InChI=1S/C23H19ClN6/c1-13-26-14(2)28-23(27-13)30-10-9-18-19-11-17(24)7-8-20(19)29-21(18)22(30)16-5-3-15(12-25)4-6-16/h3-8,11,22,29H,9-10H2,1-2H3. The molecule has 1 aliphatic rings. The Labute approximate surface area is 179 Å². The quantitative estimate of drug-likeness (QED) is 0.516. The largest absolute Gasteiger partial charge is 0.356 e. The van der Waals surface area contributed by atoms with Gasteiger partial charge in [-0.3, -0.25) is 0 Å². The van der Waals surface area contributed by atoms with Gasteiger partial charge in [0, 0.05) is 28.2 Å². The van der Waals surface area contributed by atoms with Crippen LogP contribution in [-0.4, -0.2) is 26.5 Å². The molecular weight excluding hydrogens is 396 g/mol. The maximum Gasteiger partial charge on any atom is 0.229 e. The summed E-state index contributed by atoms with van der Waals surface area (Å²) in [5.74, 6) is 2.06. The first-order valence-corrected chi connectivity index (χ1v) is 10.2. The highest BCUT2D eigenvalue weighted by Crippen LogP contribution is 2.40. The number of anilines is 1. The van der Waals surface area contributed by atoms with Crippen molar-refractivity contribution in [3.8, 4) is 6.07 Å². The van der Waals surface area contributed by atoms with Gasteiger partial charge in [0.05, 0.1) is 17.7 Å². The Morgan fingerprint density at radius 3 is 2.50 bits per heavy atom. The summed E-state index contributed by atoms with van der Waals surface area (Å²) in [5, 5.41) is 11.1. The van der Waals surface area contributed by atoms with E-state index in [1.54, 1.807) is 0 Å². The van der Waals surface area contributed by atoms with Gasteiger partial charge in [-0.15, -0.1) is 0 Å². The van der Waals surface area contributed by atoms with Gasteiger partial charge in [0.25, 0.3) is 0 Å². The first-order valence-electron chi connectivity index (χ1n) is 9.79. The maximum atomic E-state index is 9.20. The molecule has 0 bridgehead atoms. The van der Waals surface area contributed by atoms with E-state index in [1.165, 1.54) is 5.56 Å². The SMILES string of the molecule is Cc1nc(C)nc(N2CCc3c([nH]c4ccc(Cl)cc34)C2c2ccc(C#N)cc2)n1. The molecule has 0 saturated carbocycles. The maximum absolute atomic E-state index is 9.20. The van der Waals surface area contributed by atoms with Gasteiger partial charge in [0.15, 0.2) is 0 Å². The molecule has 0 spiro atoms. The number of nitriles is 1. The van der Waals surface area contributed by atoms with E-state index in [-0.39, 0.29) is 6.04 Å². The van der Waals surface area contributed by atoms with E-state index in [0.29, 0.717) is 23.2 Å². The number of benzene rings is 2. The Morgan fingerprint density at radius 2 is 1.80 bits per heavy atom. The molecule has 0 fully saturated rings. The molecule has 0 amide bonds. The predicted octanol–water partition coefficient (Wildman–Crippen LogP) is 4.65. The lowest BCUT2D eigenvalue weighted by Crippen LogP contribution is -2.37. The summed E-state index contributed by atoms with van der Waals surface area (Å²) < 4.78 is 0. The first-order chi connectivity index (χ1) is 14.5. The fourth-order valence-corrected chi connectivity index (χ4v) is 4.46. The molecule has 1 aliphatic heterocycles. The number of nitrogens with one attached hydrogen (secondary N) is 1. The van der Waals surface area contributed by atoms with Crippen molar-refractivity contribution in [3.63, 3.8) is 0 Å². The summed E-state index contributed by atoms with van der Waals surface area (Å²) in [7, 11) is 0. The highest BCUT2D eigenvalue weighted by Gasteiger charge is 2.33. The molecule has 2 aromatic heterocycles. The minimum Gasteiger partial charge on any atom is -0.356 e. The molecule has 3 heterocycles. The summed E-state index contributed by atoms with van der Waals surface area (Å²) in [5.41, 5.74) is 5.15. The second-order valence-corrected chi connectivity index (χ2v) is 7.95. The predicted molar refractivity (Wildman–Crippen MR) is 117 cm³/mol. The number of aromatic amines is 1. The van der Waals surface area contributed by atoms with Gasteiger partial charge in [-0.2, -0.15) is 15.2 Å². The Balaban J connectivity index is 1.72. The summed E-state index contributed by atoms with van der Waals surface area (Å²) >= 11 is 6.28. The summed E-state index contributed by atoms with van der Waals surface area (Å²) in [6, 6.07) is 15.7.